The zero-order valence-corrected chi connectivity index (χ0v) is 16.8. The molecule has 7 nitrogen and oxygen atoms in total. The van der Waals surface area contributed by atoms with Crippen LogP contribution in [0.3, 0.4) is 0 Å². The van der Waals surface area contributed by atoms with Crippen LogP contribution in [0.5, 0.6) is 0 Å². The Morgan fingerprint density at radius 2 is 2.00 bits per heavy atom. The van der Waals surface area contributed by atoms with Gasteiger partial charge in [-0.05, 0) is 36.6 Å². The number of aromatic amines is 1. The van der Waals surface area contributed by atoms with Gasteiger partial charge in [-0.15, -0.1) is 0 Å². The van der Waals surface area contributed by atoms with Gasteiger partial charge in [0, 0.05) is 49.5 Å². The lowest BCUT2D eigenvalue weighted by Gasteiger charge is -2.17. The first-order valence-electron chi connectivity index (χ1n) is 9.88. The minimum Gasteiger partial charge on any atom is -0.384 e. The lowest BCUT2D eigenvalue weighted by molar-refractivity contribution is -0.120. The van der Waals surface area contributed by atoms with E-state index in [4.69, 9.17) is 4.74 Å². The molecule has 31 heavy (non-hydrogen) atoms. The summed E-state index contributed by atoms with van der Waals surface area (Å²) in [4.78, 5) is 14.7. The van der Waals surface area contributed by atoms with Crippen LogP contribution in [0, 0.1) is 23.4 Å². The molecule has 3 heterocycles. The minimum atomic E-state index is -1.51. The number of ether oxygens (including phenoxy) is 1. The minimum absolute atomic E-state index is 0.123. The molecular formula is C21H22F3N5O2. The van der Waals surface area contributed by atoms with Gasteiger partial charge in [0.2, 0.25) is 5.91 Å². The largest absolute Gasteiger partial charge is 0.384 e. The lowest BCUT2D eigenvalue weighted by Crippen LogP contribution is -2.29. The molecule has 1 fully saturated rings. The van der Waals surface area contributed by atoms with Crippen molar-refractivity contribution in [2.75, 3.05) is 25.2 Å². The summed E-state index contributed by atoms with van der Waals surface area (Å²) in [5.74, 6) is -4.16. The molecule has 1 amide bonds. The van der Waals surface area contributed by atoms with Crippen molar-refractivity contribution < 1.29 is 22.7 Å². The molecule has 0 radical (unpaired) electrons. The third-order valence-electron chi connectivity index (χ3n) is 5.45. The predicted molar refractivity (Wildman–Crippen MR) is 108 cm³/mol. The third-order valence-corrected chi connectivity index (χ3v) is 5.45. The summed E-state index contributed by atoms with van der Waals surface area (Å²) in [6.07, 6.45) is 6.56. The van der Waals surface area contributed by atoms with Gasteiger partial charge >= 0.3 is 0 Å². The number of halogens is 3. The van der Waals surface area contributed by atoms with Crippen LogP contribution in [0.4, 0.5) is 19.0 Å². The molecule has 2 aliphatic rings. The molecule has 3 N–H and O–H groups in total. The van der Waals surface area contributed by atoms with Crippen LogP contribution in [0.15, 0.2) is 30.6 Å². The van der Waals surface area contributed by atoms with Gasteiger partial charge in [0.1, 0.15) is 0 Å². The number of nitrogens with zero attached hydrogens (tertiary/aromatic N) is 2. The first-order valence-corrected chi connectivity index (χ1v) is 9.88. The molecule has 1 aromatic carbocycles. The van der Waals surface area contributed by atoms with Crippen LogP contribution >= 0.6 is 0 Å². The summed E-state index contributed by atoms with van der Waals surface area (Å²) < 4.78 is 45.5. The molecule has 0 saturated carbocycles. The van der Waals surface area contributed by atoms with Crippen molar-refractivity contribution in [2.45, 2.75) is 19.3 Å². The lowest BCUT2D eigenvalue weighted by atomic mass is 9.98. The number of amides is 1. The summed E-state index contributed by atoms with van der Waals surface area (Å²) in [6, 6.07) is 1.88. The van der Waals surface area contributed by atoms with E-state index in [9.17, 15) is 18.0 Å². The molecule has 164 valence electrons. The number of carbonyl (C=O) groups is 1. The number of carbonyl (C=O) groups excluding carboxylic acids is 1. The molecule has 2 aliphatic heterocycles. The maximum atomic E-state index is 13.5. The van der Waals surface area contributed by atoms with Gasteiger partial charge < -0.3 is 15.6 Å². The van der Waals surface area contributed by atoms with Crippen molar-refractivity contribution in [3.05, 3.63) is 64.9 Å². The average molecular weight is 433 g/mol. The van der Waals surface area contributed by atoms with Gasteiger partial charge in [-0.2, -0.15) is 5.10 Å². The van der Waals surface area contributed by atoms with E-state index < -0.39 is 23.4 Å². The van der Waals surface area contributed by atoms with E-state index in [-0.39, 0.29) is 17.9 Å². The standard InChI is InChI=1S/C21H22F3N5O2/c1-31-7-4-15-19(14-2-5-25-26-11-14)27-28-20(15)29-6-3-13(21(29)30)8-12-9-16(22)18(24)17(23)10-12/h2,5,9-11,13,25-26H,3-4,6-8H2,1H3,(H,27,28). The molecule has 1 saturated heterocycles. The Bertz CT molecular complexity index is 1030. The van der Waals surface area contributed by atoms with Crippen LogP contribution < -0.4 is 15.8 Å². The Hall–Kier alpha value is -3.27. The van der Waals surface area contributed by atoms with Gasteiger partial charge in [0.25, 0.3) is 0 Å². The quantitative estimate of drug-likeness (QED) is 0.585. The number of hydrogen-bond donors (Lipinski definition) is 3. The fraction of sp³-hybridized carbons (Fsp3) is 0.333. The molecule has 1 atom stereocenters. The summed E-state index contributed by atoms with van der Waals surface area (Å²) in [7, 11) is 1.60. The maximum Gasteiger partial charge on any atom is 0.231 e. The second kappa shape index (κ2) is 8.84. The highest BCUT2D eigenvalue weighted by Gasteiger charge is 2.36. The topological polar surface area (TPSA) is 82.3 Å². The molecule has 0 spiro atoms. The number of anilines is 1. The van der Waals surface area contributed by atoms with Gasteiger partial charge in [-0.3, -0.25) is 14.8 Å². The van der Waals surface area contributed by atoms with Crippen molar-refractivity contribution in [1.82, 2.24) is 21.0 Å². The van der Waals surface area contributed by atoms with E-state index in [1.54, 1.807) is 24.4 Å². The maximum absolute atomic E-state index is 13.5. The van der Waals surface area contributed by atoms with Crippen LogP contribution in [0.25, 0.3) is 5.57 Å². The molecule has 4 rings (SSSR count). The number of nitrogens with one attached hydrogen (secondary N) is 3. The molecule has 1 unspecified atom stereocenters. The Morgan fingerprint density at radius 1 is 1.23 bits per heavy atom. The number of hydrogen-bond acceptors (Lipinski definition) is 5. The van der Waals surface area contributed by atoms with Crippen molar-refractivity contribution in [3.63, 3.8) is 0 Å². The van der Waals surface area contributed by atoms with E-state index in [2.05, 4.69) is 21.0 Å². The second-order valence-corrected chi connectivity index (χ2v) is 7.42. The molecule has 0 bridgehead atoms. The first kappa shape index (κ1) is 21.0. The molecule has 1 aromatic heterocycles. The number of aromatic nitrogens is 2. The molecule has 2 aromatic rings. The SMILES string of the molecule is COCCc1c(N2CCC(Cc3cc(F)c(F)c(F)c3)C2=O)n[nH]c1C1=CNNC=C1. The van der Waals surface area contributed by atoms with Gasteiger partial charge in [0.15, 0.2) is 23.3 Å². The highest BCUT2D eigenvalue weighted by atomic mass is 19.2. The second-order valence-electron chi connectivity index (χ2n) is 7.42. The van der Waals surface area contributed by atoms with E-state index in [0.717, 1.165) is 29.0 Å². The number of rotatable bonds is 7. The first-order chi connectivity index (χ1) is 15.0. The van der Waals surface area contributed by atoms with Crippen molar-refractivity contribution in [1.29, 1.82) is 0 Å². The highest BCUT2D eigenvalue weighted by molar-refractivity contribution is 5.97. The summed E-state index contributed by atoms with van der Waals surface area (Å²) >= 11 is 0. The number of H-pyrrole nitrogens is 1. The zero-order valence-electron chi connectivity index (χ0n) is 16.8. The number of benzene rings is 1. The summed E-state index contributed by atoms with van der Waals surface area (Å²) in [6.45, 7) is 0.871. The van der Waals surface area contributed by atoms with E-state index in [1.807, 2.05) is 6.08 Å². The van der Waals surface area contributed by atoms with Gasteiger partial charge in [0.05, 0.1) is 12.3 Å². The Morgan fingerprint density at radius 3 is 2.68 bits per heavy atom. The van der Waals surface area contributed by atoms with Crippen LogP contribution in [0.1, 0.15) is 23.2 Å². The van der Waals surface area contributed by atoms with Crippen LogP contribution in [-0.4, -0.2) is 36.4 Å². The normalized spacial score (nSPS) is 18.2. The molecule has 10 heteroatoms. The van der Waals surface area contributed by atoms with E-state index in [0.29, 0.717) is 31.8 Å². The monoisotopic (exact) mass is 433 g/mol. The average Bonchev–Trinajstić information content (AvgIpc) is 3.34. The number of methoxy groups -OCH3 is 1. The number of hydrazine groups is 1. The predicted octanol–water partition coefficient (Wildman–Crippen LogP) is 2.57. The van der Waals surface area contributed by atoms with E-state index >= 15 is 0 Å². The van der Waals surface area contributed by atoms with Crippen LogP contribution in [0.2, 0.25) is 0 Å². The highest BCUT2D eigenvalue weighted by Crippen LogP contribution is 2.33. The zero-order chi connectivity index (χ0) is 22.0. The fourth-order valence-corrected chi connectivity index (χ4v) is 3.91. The Kier molecular flexibility index (Phi) is 5.99. The van der Waals surface area contributed by atoms with Crippen molar-refractivity contribution >= 4 is 17.3 Å². The third kappa shape index (κ3) is 4.15. The molecular weight excluding hydrogens is 411 g/mol. The number of allylic oxidation sites excluding steroid dienone is 2. The summed E-state index contributed by atoms with van der Waals surface area (Å²) in [5, 5.41) is 7.40. The molecule has 0 aliphatic carbocycles. The summed E-state index contributed by atoms with van der Waals surface area (Å²) in [5.41, 5.74) is 8.48. The smallest absolute Gasteiger partial charge is 0.231 e. The Balaban J connectivity index is 1.57. The Labute approximate surface area is 176 Å². The van der Waals surface area contributed by atoms with Crippen molar-refractivity contribution in [3.8, 4) is 0 Å². The van der Waals surface area contributed by atoms with Crippen molar-refractivity contribution in [2.24, 2.45) is 5.92 Å². The fourth-order valence-electron chi connectivity index (χ4n) is 3.91. The van der Waals surface area contributed by atoms with Gasteiger partial charge in [-0.1, -0.05) is 0 Å². The van der Waals surface area contributed by atoms with Crippen LogP contribution in [-0.2, 0) is 22.4 Å². The van der Waals surface area contributed by atoms with E-state index in [1.165, 1.54) is 0 Å². The van der Waals surface area contributed by atoms with Gasteiger partial charge in [-0.25, -0.2) is 13.2 Å².